The first-order valence-corrected chi connectivity index (χ1v) is 11.8. The molecule has 5 aromatic rings. The smallest absolute Gasteiger partial charge is 0.205 e. The average Bonchev–Trinajstić information content (AvgIpc) is 3.67. The van der Waals surface area contributed by atoms with Crippen LogP contribution in [0.25, 0.3) is 33.4 Å². The summed E-state index contributed by atoms with van der Waals surface area (Å²) in [6.07, 6.45) is 11.0. The van der Waals surface area contributed by atoms with Gasteiger partial charge in [-0.25, -0.2) is 4.98 Å². The lowest BCUT2D eigenvalue weighted by atomic mass is 10.0. The van der Waals surface area contributed by atoms with Crippen molar-refractivity contribution in [2.24, 2.45) is 0 Å². The van der Waals surface area contributed by atoms with Gasteiger partial charge in [0.15, 0.2) is 11.4 Å². The van der Waals surface area contributed by atoms with E-state index in [0.717, 1.165) is 59.3 Å². The molecule has 1 aromatic carbocycles. The van der Waals surface area contributed by atoms with E-state index < -0.39 is 0 Å². The van der Waals surface area contributed by atoms with E-state index in [2.05, 4.69) is 42.5 Å². The number of anilines is 1. The molecule has 1 fully saturated rings. The molecule has 0 aliphatic carbocycles. The maximum Gasteiger partial charge on any atom is 0.205 e. The molecule has 4 N–H and O–H groups in total. The van der Waals surface area contributed by atoms with Gasteiger partial charge in [0.05, 0.1) is 23.3 Å². The predicted octanol–water partition coefficient (Wildman–Crippen LogP) is 4.73. The molecule has 0 radical (unpaired) electrons. The van der Waals surface area contributed by atoms with Crippen LogP contribution in [0.15, 0.2) is 65.8 Å². The fourth-order valence-corrected chi connectivity index (χ4v) is 4.69. The summed E-state index contributed by atoms with van der Waals surface area (Å²) in [7, 11) is 0. The highest BCUT2D eigenvalue weighted by Crippen LogP contribution is 2.40. The SMILES string of the molecule is CC(Oc1c(N)ncc2c(-c3cnn(C4CCNCC4)c3)coc12)c1cccc(-c2ccn[nH]2)c1. The molecule has 35 heavy (non-hydrogen) atoms. The van der Waals surface area contributed by atoms with Crippen LogP contribution in [0, 0.1) is 0 Å². The average molecular weight is 470 g/mol. The molecule has 1 unspecified atom stereocenters. The number of fused-ring (bicyclic) bond motifs is 1. The number of nitrogens with two attached hydrogens (primary N) is 1. The zero-order valence-corrected chi connectivity index (χ0v) is 19.4. The maximum absolute atomic E-state index is 6.33. The Balaban J connectivity index is 1.30. The largest absolute Gasteiger partial charge is 0.479 e. The van der Waals surface area contributed by atoms with E-state index in [-0.39, 0.29) is 6.10 Å². The van der Waals surface area contributed by atoms with Gasteiger partial charge < -0.3 is 20.2 Å². The van der Waals surface area contributed by atoms with Crippen molar-refractivity contribution in [3.05, 3.63) is 66.9 Å². The third-order valence-electron chi connectivity index (χ3n) is 6.66. The predicted molar refractivity (Wildman–Crippen MR) is 134 cm³/mol. The van der Waals surface area contributed by atoms with Crippen LogP contribution in [0.5, 0.6) is 5.75 Å². The minimum absolute atomic E-state index is 0.274. The zero-order chi connectivity index (χ0) is 23.8. The van der Waals surface area contributed by atoms with Crippen molar-refractivity contribution < 1.29 is 9.15 Å². The number of hydrogen-bond acceptors (Lipinski definition) is 7. The van der Waals surface area contributed by atoms with Gasteiger partial charge in [0.25, 0.3) is 0 Å². The molecule has 0 amide bonds. The second-order valence-corrected chi connectivity index (χ2v) is 8.91. The number of nitrogens with zero attached hydrogens (tertiary/aromatic N) is 4. The number of aromatic amines is 1. The summed E-state index contributed by atoms with van der Waals surface area (Å²) in [5, 5.41) is 15.9. The van der Waals surface area contributed by atoms with Crippen molar-refractivity contribution in [2.75, 3.05) is 18.8 Å². The van der Waals surface area contributed by atoms with E-state index in [0.29, 0.717) is 23.2 Å². The lowest BCUT2D eigenvalue weighted by Crippen LogP contribution is -2.29. The molecular formula is C26H27N7O2. The Morgan fingerprint density at radius 2 is 2.06 bits per heavy atom. The number of piperidine rings is 1. The van der Waals surface area contributed by atoms with Crippen LogP contribution in [0.2, 0.25) is 0 Å². The van der Waals surface area contributed by atoms with E-state index in [1.807, 2.05) is 37.4 Å². The number of hydrogen-bond donors (Lipinski definition) is 3. The molecule has 9 nitrogen and oxygen atoms in total. The lowest BCUT2D eigenvalue weighted by molar-refractivity contribution is 0.228. The van der Waals surface area contributed by atoms with Crippen LogP contribution < -0.4 is 15.8 Å². The molecule has 1 aliphatic heterocycles. The van der Waals surface area contributed by atoms with Crippen molar-refractivity contribution >= 4 is 16.8 Å². The van der Waals surface area contributed by atoms with Crippen LogP contribution in [-0.4, -0.2) is 38.1 Å². The number of pyridine rings is 1. The van der Waals surface area contributed by atoms with Gasteiger partial charge in [-0.15, -0.1) is 0 Å². The van der Waals surface area contributed by atoms with Gasteiger partial charge in [0.2, 0.25) is 5.75 Å². The third kappa shape index (κ3) is 4.04. The Hall–Kier alpha value is -4.11. The summed E-state index contributed by atoms with van der Waals surface area (Å²) >= 11 is 0. The van der Waals surface area contributed by atoms with Crippen LogP contribution in [0.1, 0.15) is 37.5 Å². The number of nitrogens with one attached hydrogen (secondary N) is 2. The number of rotatable bonds is 6. The van der Waals surface area contributed by atoms with E-state index in [1.165, 1.54) is 0 Å². The van der Waals surface area contributed by atoms with Crippen LogP contribution in [0.4, 0.5) is 5.82 Å². The normalized spacial score (nSPS) is 15.5. The number of aromatic nitrogens is 5. The van der Waals surface area contributed by atoms with E-state index in [1.54, 1.807) is 18.7 Å². The first kappa shape index (κ1) is 21.4. The van der Waals surface area contributed by atoms with Crippen LogP contribution in [-0.2, 0) is 0 Å². The molecule has 4 aromatic heterocycles. The topological polar surface area (TPSA) is 120 Å². The summed E-state index contributed by atoms with van der Waals surface area (Å²) in [6.45, 7) is 4.01. The number of nitrogen functional groups attached to an aromatic ring is 1. The summed E-state index contributed by atoms with van der Waals surface area (Å²) < 4.78 is 14.4. The van der Waals surface area contributed by atoms with Gasteiger partial charge in [0, 0.05) is 29.7 Å². The molecular weight excluding hydrogens is 442 g/mol. The Labute approximate surface area is 202 Å². The van der Waals surface area contributed by atoms with Gasteiger partial charge in [-0.1, -0.05) is 18.2 Å². The van der Waals surface area contributed by atoms with E-state index >= 15 is 0 Å². The van der Waals surface area contributed by atoms with Crippen molar-refractivity contribution in [1.82, 2.24) is 30.3 Å². The Morgan fingerprint density at radius 3 is 2.89 bits per heavy atom. The lowest BCUT2D eigenvalue weighted by Gasteiger charge is -2.22. The second-order valence-electron chi connectivity index (χ2n) is 8.91. The quantitative estimate of drug-likeness (QED) is 0.329. The second kappa shape index (κ2) is 8.92. The molecule has 6 rings (SSSR count). The Kier molecular flexibility index (Phi) is 5.46. The summed E-state index contributed by atoms with van der Waals surface area (Å²) in [4.78, 5) is 4.41. The first-order valence-electron chi connectivity index (χ1n) is 11.8. The van der Waals surface area contributed by atoms with Crippen molar-refractivity contribution in [1.29, 1.82) is 0 Å². The van der Waals surface area contributed by atoms with Crippen LogP contribution >= 0.6 is 0 Å². The molecule has 0 saturated carbocycles. The van der Waals surface area contributed by atoms with Crippen molar-refractivity contribution in [3.8, 4) is 28.1 Å². The van der Waals surface area contributed by atoms with Gasteiger partial charge in [-0.05, 0) is 56.1 Å². The fraction of sp³-hybridized carbons (Fsp3) is 0.269. The molecule has 1 aliphatic rings. The highest BCUT2D eigenvalue weighted by Gasteiger charge is 2.21. The Bertz CT molecular complexity index is 1450. The third-order valence-corrected chi connectivity index (χ3v) is 6.66. The first-order chi connectivity index (χ1) is 17.2. The van der Waals surface area contributed by atoms with Gasteiger partial charge >= 0.3 is 0 Å². The minimum atomic E-state index is -0.274. The number of benzene rings is 1. The van der Waals surface area contributed by atoms with Gasteiger partial charge in [0.1, 0.15) is 12.4 Å². The van der Waals surface area contributed by atoms with E-state index in [9.17, 15) is 0 Å². The molecule has 0 bridgehead atoms. The number of ether oxygens (including phenoxy) is 1. The molecule has 5 heterocycles. The van der Waals surface area contributed by atoms with Crippen molar-refractivity contribution in [3.63, 3.8) is 0 Å². The molecule has 1 saturated heterocycles. The number of furan rings is 1. The van der Waals surface area contributed by atoms with Crippen LogP contribution in [0.3, 0.4) is 0 Å². The standard InChI is InChI=1S/C26H27N7O2/c1-16(17-3-2-4-18(11-17)23-7-10-30-32-23)35-25-24-21(13-29-26(25)27)22(15-34-24)19-12-31-33(14-19)20-5-8-28-9-6-20/h2-4,7,10-16,20,28H,5-6,8-9H2,1H3,(H2,27,29)(H,30,32). The number of H-pyrrole nitrogens is 1. The Morgan fingerprint density at radius 1 is 1.17 bits per heavy atom. The zero-order valence-electron chi connectivity index (χ0n) is 19.4. The molecule has 178 valence electrons. The molecule has 1 atom stereocenters. The summed E-state index contributed by atoms with van der Waals surface area (Å²) in [5.41, 5.74) is 11.7. The fourth-order valence-electron chi connectivity index (χ4n) is 4.69. The summed E-state index contributed by atoms with van der Waals surface area (Å²) in [6, 6.07) is 10.5. The van der Waals surface area contributed by atoms with Gasteiger partial charge in [-0.2, -0.15) is 10.2 Å². The minimum Gasteiger partial charge on any atom is -0.479 e. The van der Waals surface area contributed by atoms with E-state index in [4.69, 9.17) is 14.9 Å². The molecule has 9 heteroatoms. The summed E-state index contributed by atoms with van der Waals surface area (Å²) in [5.74, 6) is 0.735. The maximum atomic E-state index is 6.33. The van der Waals surface area contributed by atoms with Crippen molar-refractivity contribution in [2.45, 2.75) is 31.9 Å². The highest BCUT2D eigenvalue weighted by molar-refractivity contribution is 5.97. The molecule has 0 spiro atoms. The highest BCUT2D eigenvalue weighted by atomic mass is 16.5. The monoisotopic (exact) mass is 469 g/mol. The van der Waals surface area contributed by atoms with Gasteiger partial charge in [-0.3, -0.25) is 9.78 Å².